The maximum absolute atomic E-state index is 12.3. The SMILES string of the molecule is COCC(=O)N[C@@H]1CCc2c(ccc(=O)n2Cc2ccncc2)C1. The summed E-state index contributed by atoms with van der Waals surface area (Å²) < 4.78 is 6.68. The number of hydrogen-bond donors (Lipinski definition) is 1. The highest BCUT2D eigenvalue weighted by molar-refractivity contribution is 5.77. The van der Waals surface area contributed by atoms with Gasteiger partial charge in [0.05, 0.1) is 6.54 Å². The summed E-state index contributed by atoms with van der Waals surface area (Å²) in [4.78, 5) is 28.0. The Morgan fingerprint density at radius 1 is 1.33 bits per heavy atom. The van der Waals surface area contributed by atoms with Crippen molar-refractivity contribution < 1.29 is 9.53 Å². The summed E-state index contributed by atoms with van der Waals surface area (Å²) in [6.45, 7) is 0.621. The van der Waals surface area contributed by atoms with Crippen LogP contribution >= 0.6 is 0 Å². The van der Waals surface area contributed by atoms with Crippen LogP contribution in [0.3, 0.4) is 0 Å². The van der Waals surface area contributed by atoms with Crippen molar-refractivity contribution in [3.05, 3.63) is 63.8 Å². The van der Waals surface area contributed by atoms with E-state index in [0.717, 1.165) is 36.1 Å². The number of ether oxygens (including phenoxy) is 1. The number of fused-ring (bicyclic) bond motifs is 1. The highest BCUT2D eigenvalue weighted by atomic mass is 16.5. The Hall–Kier alpha value is -2.47. The van der Waals surface area contributed by atoms with Gasteiger partial charge in [0.1, 0.15) is 6.61 Å². The second-order valence-corrected chi connectivity index (χ2v) is 6.03. The van der Waals surface area contributed by atoms with Gasteiger partial charge < -0.3 is 14.6 Å². The normalized spacial score (nSPS) is 16.5. The van der Waals surface area contributed by atoms with Crippen LogP contribution in [-0.4, -0.2) is 35.2 Å². The average Bonchev–Trinajstić information content (AvgIpc) is 2.58. The van der Waals surface area contributed by atoms with E-state index in [0.29, 0.717) is 6.54 Å². The quantitative estimate of drug-likeness (QED) is 0.886. The highest BCUT2D eigenvalue weighted by Gasteiger charge is 2.22. The molecule has 0 unspecified atom stereocenters. The van der Waals surface area contributed by atoms with Crippen molar-refractivity contribution in [2.24, 2.45) is 0 Å². The molecule has 6 nitrogen and oxygen atoms in total. The molecule has 2 heterocycles. The van der Waals surface area contributed by atoms with Crippen LogP contribution in [0.15, 0.2) is 41.5 Å². The lowest BCUT2D eigenvalue weighted by molar-refractivity contribution is -0.125. The molecule has 2 aromatic heterocycles. The molecule has 0 spiro atoms. The van der Waals surface area contributed by atoms with Crippen LogP contribution < -0.4 is 10.9 Å². The first-order valence-electron chi connectivity index (χ1n) is 8.06. The van der Waals surface area contributed by atoms with E-state index in [1.165, 1.54) is 7.11 Å². The summed E-state index contributed by atoms with van der Waals surface area (Å²) in [6, 6.07) is 7.42. The molecule has 1 aliphatic carbocycles. The molecular weight excluding hydrogens is 306 g/mol. The van der Waals surface area contributed by atoms with Crippen molar-refractivity contribution >= 4 is 5.91 Å². The number of hydrogen-bond acceptors (Lipinski definition) is 4. The van der Waals surface area contributed by atoms with Gasteiger partial charge in [-0.1, -0.05) is 6.07 Å². The van der Waals surface area contributed by atoms with Crippen LogP contribution in [0.4, 0.5) is 0 Å². The topological polar surface area (TPSA) is 73.2 Å². The molecular formula is C18H21N3O3. The van der Waals surface area contributed by atoms with Crippen molar-refractivity contribution in [1.82, 2.24) is 14.9 Å². The van der Waals surface area contributed by atoms with E-state index in [-0.39, 0.29) is 24.1 Å². The molecule has 1 aliphatic rings. The monoisotopic (exact) mass is 327 g/mol. The minimum atomic E-state index is -0.101. The van der Waals surface area contributed by atoms with Gasteiger partial charge in [-0.2, -0.15) is 0 Å². The lowest BCUT2D eigenvalue weighted by Gasteiger charge is -2.27. The molecule has 0 fully saturated rings. The molecule has 0 radical (unpaired) electrons. The van der Waals surface area contributed by atoms with Gasteiger partial charge in [0.2, 0.25) is 5.91 Å². The molecule has 126 valence electrons. The Morgan fingerprint density at radius 2 is 2.12 bits per heavy atom. The lowest BCUT2D eigenvalue weighted by Crippen LogP contribution is -2.42. The molecule has 2 aromatic rings. The number of methoxy groups -OCH3 is 1. The van der Waals surface area contributed by atoms with Gasteiger partial charge in [-0.15, -0.1) is 0 Å². The number of rotatable bonds is 5. The largest absolute Gasteiger partial charge is 0.375 e. The molecule has 0 saturated carbocycles. The number of pyridine rings is 2. The van der Waals surface area contributed by atoms with E-state index in [2.05, 4.69) is 10.3 Å². The number of nitrogens with zero attached hydrogens (tertiary/aromatic N) is 2. The summed E-state index contributed by atoms with van der Waals surface area (Å²) in [5.74, 6) is -0.101. The Labute approximate surface area is 140 Å². The van der Waals surface area contributed by atoms with E-state index in [9.17, 15) is 9.59 Å². The van der Waals surface area contributed by atoms with Crippen LogP contribution in [0.2, 0.25) is 0 Å². The number of carbonyl (C=O) groups is 1. The molecule has 0 saturated heterocycles. The lowest BCUT2D eigenvalue weighted by atomic mass is 9.91. The van der Waals surface area contributed by atoms with Crippen LogP contribution in [0.1, 0.15) is 23.2 Å². The summed E-state index contributed by atoms with van der Waals surface area (Å²) in [6.07, 6.45) is 5.80. The second kappa shape index (κ2) is 7.40. The molecule has 0 aliphatic heterocycles. The number of aromatic nitrogens is 2. The van der Waals surface area contributed by atoms with Gasteiger partial charge in [0.15, 0.2) is 0 Å². The van der Waals surface area contributed by atoms with Crippen molar-refractivity contribution in [2.45, 2.75) is 31.8 Å². The van der Waals surface area contributed by atoms with Crippen molar-refractivity contribution in [3.63, 3.8) is 0 Å². The fourth-order valence-corrected chi connectivity index (χ4v) is 3.19. The van der Waals surface area contributed by atoms with Crippen molar-refractivity contribution in [3.8, 4) is 0 Å². The van der Waals surface area contributed by atoms with Gasteiger partial charge in [-0.3, -0.25) is 14.6 Å². The van der Waals surface area contributed by atoms with Gasteiger partial charge in [0, 0.05) is 37.3 Å². The zero-order valence-electron chi connectivity index (χ0n) is 13.7. The zero-order valence-corrected chi connectivity index (χ0v) is 13.7. The van der Waals surface area contributed by atoms with Crippen LogP contribution in [0, 0.1) is 0 Å². The Kier molecular flexibility index (Phi) is 5.05. The van der Waals surface area contributed by atoms with Gasteiger partial charge in [-0.05, 0) is 42.5 Å². The second-order valence-electron chi connectivity index (χ2n) is 6.03. The third-order valence-electron chi connectivity index (χ3n) is 4.32. The predicted molar refractivity (Wildman–Crippen MR) is 89.9 cm³/mol. The summed E-state index contributed by atoms with van der Waals surface area (Å²) in [5.41, 5.74) is 3.25. The highest BCUT2D eigenvalue weighted by Crippen LogP contribution is 2.21. The Morgan fingerprint density at radius 3 is 2.88 bits per heavy atom. The number of carbonyl (C=O) groups excluding carboxylic acids is 1. The number of amides is 1. The van der Waals surface area contributed by atoms with Gasteiger partial charge in [-0.25, -0.2) is 0 Å². The maximum atomic E-state index is 12.3. The predicted octanol–water partition coefficient (Wildman–Crippen LogP) is 0.911. The average molecular weight is 327 g/mol. The van der Waals surface area contributed by atoms with E-state index >= 15 is 0 Å². The van der Waals surface area contributed by atoms with E-state index < -0.39 is 0 Å². The van der Waals surface area contributed by atoms with E-state index in [1.807, 2.05) is 22.8 Å². The molecule has 6 heteroatoms. The van der Waals surface area contributed by atoms with Crippen LogP contribution in [0.25, 0.3) is 0 Å². The Balaban J connectivity index is 1.80. The third-order valence-corrected chi connectivity index (χ3v) is 4.32. The molecule has 24 heavy (non-hydrogen) atoms. The van der Waals surface area contributed by atoms with E-state index in [4.69, 9.17) is 4.74 Å². The van der Waals surface area contributed by atoms with Crippen LogP contribution in [-0.2, 0) is 28.9 Å². The molecule has 1 amide bonds. The van der Waals surface area contributed by atoms with Gasteiger partial charge in [0.25, 0.3) is 5.56 Å². The summed E-state index contributed by atoms with van der Waals surface area (Å²) >= 11 is 0. The molecule has 1 N–H and O–H groups in total. The van der Waals surface area contributed by atoms with Crippen molar-refractivity contribution in [2.75, 3.05) is 13.7 Å². The maximum Gasteiger partial charge on any atom is 0.251 e. The fraction of sp³-hybridized carbons (Fsp3) is 0.389. The fourth-order valence-electron chi connectivity index (χ4n) is 3.19. The number of nitrogens with one attached hydrogen (secondary N) is 1. The van der Waals surface area contributed by atoms with Crippen molar-refractivity contribution in [1.29, 1.82) is 0 Å². The molecule has 3 rings (SSSR count). The van der Waals surface area contributed by atoms with Gasteiger partial charge >= 0.3 is 0 Å². The summed E-state index contributed by atoms with van der Waals surface area (Å²) in [5, 5.41) is 2.98. The first-order valence-corrected chi connectivity index (χ1v) is 8.06. The third kappa shape index (κ3) is 3.71. The first-order chi connectivity index (χ1) is 11.7. The zero-order chi connectivity index (χ0) is 16.9. The molecule has 1 atom stereocenters. The molecule has 0 aromatic carbocycles. The minimum Gasteiger partial charge on any atom is -0.375 e. The van der Waals surface area contributed by atoms with Crippen LogP contribution in [0.5, 0.6) is 0 Å². The molecule has 0 bridgehead atoms. The van der Waals surface area contributed by atoms with E-state index in [1.54, 1.807) is 18.5 Å². The summed E-state index contributed by atoms with van der Waals surface area (Å²) in [7, 11) is 1.51. The standard InChI is InChI=1S/C18H21N3O3/c1-24-12-17(22)20-15-3-4-16-14(10-15)2-5-18(23)21(16)11-13-6-8-19-9-7-13/h2,5-9,15H,3-4,10-12H2,1H3,(H,20,22)/t15-/m1/s1. The smallest absolute Gasteiger partial charge is 0.251 e. The minimum absolute atomic E-state index is 0.00688. The Bertz CT molecular complexity index is 771. The first kappa shape index (κ1) is 16.4.